The van der Waals surface area contributed by atoms with E-state index >= 15 is 0 Å². The van der Waals surface area contributed by atoms with E-state index in [1.165, 1.54) is 18.2 Å². The van der Waals surface area contributed by atoms with Crippen LogP contribution in [0.4, 0.5) is 28.9 Å². The molecular formula is C25H27F4N3O3. The summed E-state index contributed by atoms with van der Waals surface area (Å²) in [6.45, 7) is 5.94. The lowest BCUT2D eigenvalue weighted by Crippen LogP contribution is -2.47. The van der Waals surface area contributed by atoms with Gasteiger partial charge < -0.3 is 15.5 Å². The average molecular weight is 494 g/mol. The third-order valence-electron chi connectivity index (χ3n) is 5.67. The van der Waals surface area contributed by atoms with Crippen LogP contribution in [0.3, 0.4) is 0 Å². The van der Waals surface area contributed by atoms with Crippen LogP contribution in [0.25, 0.3) is 0 Å². The van der Waals surface area contributed by atoms with Crippen molar-refractivity contribution in [2.45, 2.75) is 39.8 Å². The monoisotopic (exact) mass is 493 g/mol. The molecule has 0 aliphatic carbocycles. The van der Waals surface area contributed by atoms with Crippen LogP contribution >= 0.6 is 0 Å². The Kier molecular flexibility index (Phi) is 7.52. The lowest BCUT2D eigenvalue weighted by Gasteiger charge is -2.36. The van der Waals surface area contributed by atoms with Gasteiger partial charge in [-0.3, -0.25) is 14.4 Å². The maximum Gasteiger partial charge on any atom is 0.418 e. The fourth-order valence-electron chi connectivity index (χ4n) is 3.85. The van der Waals surface area contributed by atoms with Gasteiger partial charge in [-0.2, -0.15) is 13.2 Å². The van der Waals surface area contributed by atoms with Gasteiger partial charge >= 0.3 is 6.18 Å². The molecule has 188 valence electrons. The molecule has 0 saturated carbocycles. The molecule has 0 radical (unpaired) electrons. The molecule has 3 amide bonds. The number of nitrogens with one attached hydrogen (secondary N) is 2. The Bertz CT molecular complexity index is 1110. The summed E-state index contributed by atoms with van der Waals surface area (Å²) < 4.78 is 54.3. The first-order valence-corrected chi connectivity index (χ1v) is 11.1. The van der Waals surface area contributed by atoms with Gasteiger partial charge in [0.15, 0.2) is 0 Å². The zero-order chi connectivity index (χ0) is 26.0. The van der Waals surface area contributed by atoms with E-state index in [0.717, 1.165) is 24.3 Å². The third kappa shape index (κ3) is 6.58. The van der Waals surface area contributed by atoms with Crippen molar-refractivity contribution in [2.24, 2.45) is 11.3 Å². The fraction of sp³-hybridized carbons (Fsp3) is 0.400. The number of likely N-dealkylation sites (tertiary alicyclic amines) is 1. The first-order valence-electron chi connectivity index (χ1n) is 11.1. The van der Waals surface area contributed by atoms with E-state index in [4.69, 9.17) is 0 Å². The lowest BCUT2D eigenvalue weighted by molar-refractivity contribution is -0.142. The number of amides is 3. The number of piperidine rings is 1. The Morgan fingerprint density at radius 2 is 1.63 bits per heavy atom. The van der Waals surface area contributed by atoms with Crippen LogP contribution in [0.15, 0.2) is 42.5 Å². The summed E-state index contributed by atoms with van der Waals surface area (Å²) in [4.78, 5) is 39.3. The molecule has 35 heavy (non-hydrogen) atoms. The van der Waals surface area contributed by atoms with E-state index in [1.54, 1.807) is 25.7 Å². The second-order valence-corrected chi connectivity index (χ2v) is 9.55. The highest BCUT2D eigenvalue weighted by Gasteiger charge is 2.37. The molecule has 10 heteroatoms. The number of benzene rings is 2. The van der Waals surface area contributed by atoms with Crippen molar-refractivity contribution in [3.05, 3.63) is 59.4 Å². The van der Waals surface area contributed by atoms with Crippen LogP contribution in [0.2, 0.25) is 0 Å². The van der Waals surface area contributed by atoms with Gasteiger partial charge in [0.2, 0.25) is 11.8 Å². The highest BCUT2D eigenvalue weighted by molar-refractivity contribution is 6.04. The molecule has 0 aromatic heterocycles. The molecule has 1 aliphatic rings. The molecule has 0 spiro atoms. The Balaban J connectivity index is 1.76. The van der Waals surface area contributed by atoms with Crippen molar-refractivity contribution in [3.63, 3.8) is 0 Å². The third-order valence-corrected chi connectivity index (χ3v) is 5.67. The molecule has 2 N–H and O–H groups in total. The average Bonchev–Trinajstić information content (AvgIpc) is 2.78. The molecule has 2 aromatic carbocycles. The summed E-state index contributed by atoms with van der Waals surface area (Å²) in [6.07, 6.45) is -3.78. The predicted octanol–water partition coefficient (Wildman–Crippen LogP) is 5.32. The molecule has 1 atom stereocenters. The van der Waals surface area contributed by atoms with E-state index in [-0.39, 0.29) is 23.7 Å². The van der Waals surface area contributed by atoms with E-state index in [2.05, 4.69) is 10.6 Å². The number of nitrogens with zero attached hydrogens (tertiary/aromatic N) is 1. The second kappa shape index (κ2) is 10.1. The highest BCUT2D eigenvalue weighted by atomic mass is 19.4. The van der Waals surface area contributed by atoms with Crippen LogP contribution in [-0.2, 0) is 15.8 Å². The van der Waals surface area contributed by atoms with E-state index < -0.39 is 46.4 Å². The Morgan fingerprint density at radius 1 is 0.971 bits per heavy atom. The van der Waals surface area contributed by atoms with Gasteiger partial charge in [-0.25, -0.2) is 4.39 Å². The number of alkyl halides is 3. The minimum atomic E-state index is -4.81. The van der Waals surface area contributed by atoms with Gasteiger partial charge in [-0.05, 0) is 55.3 Å². The smallest absolute Gasteiger partial charge is 0.341 e. The molecule has 0 bridgehead atoms. The standard InChI is InChI=1S/C25H27F4N3O3/c1-24(2,3)23(35)32-12-4-5-16(14-32)22(34)31-20-11-10-18(13-19(20)25(27,28)29)30-21(33)15-6-8-17(26)9-7-15/h6-11,13,16H,4-5,12,14H2,1-3H3,(H,30,33)(H,31,34). The molecule has 2 aromatic rings. The summed E-state index contributed by atoms with van der Waals surface area (Å²) in [5.74, 6) is -2.63. The molecule has 3 rings (SSSR count). The van der Waals surface area contributed by atoms with Gasteiger partial charge in [-0.1, -0.05) is 20.8 Å². The fourth-order valence-corrected chi connectivity index (χ4v) is 3.85. The van der Waals surface area contributed by atoms with E-state index in [1.807, 2.05) is 0 Å². The second-order valence-electron chi connectivity index (χ2n) is 9.55. The maximum atomic E-state index is 13.8. The highest BCUT2D eigenvalue weighted by Crippen LogP contribution is 2.37. The summed E-state index contributed by atoms with van der Waals surface area (Å²) >= 11 is 0. The van der Waals surface area contributed by atoms with Gasteiger partial charge in [0, 0.05) is 29.8 Å². The number of halogens is 4. The first kappa shape index (κ1) is 26.2. The van der Waals surface area contributed by atoms with Gasteiger partial charge in [0.05, 0.1) is 17.2 Å². The Morgan fingerprint density at radius 3 is 2.23 bits per heavy atom. The molecule has 1 aliphatic heterocycles. The van der Waals surface area contributed by atoms with Crippen LogP contribution in [-0.4, -0.2) is 35.7 Å². The quantitative estimate of drug-likeness (QED) is 0.566. The van der Waals surface area contributed by atoms with Crippen LogP contribution < -0.4 is 10.6 Å². The van der Waals surface area contributed by atoms with Crippen molar-refractivity contribution in [3.8, 4) is 0 Å². The maximum absolute atomic E-state index is 13.8. The number of carbonyl (C=O) groups is 3. The largest absolute Gasteiger partial charge is 0.418 e. The molecule has 1 heterocycles. The van der Waals surface area contributed by atoms with Crippen molar-refractivity contribution in [2.75, 3.05) is 23.7 Å². The van der Waals surface area contributed by atoms with E-state index in [9.17, 15) is 31.9 Å². The number of hydrogen-bond donors (Lipinski definition) is 2. The van der Waals surface area contributed by atoms with Gasteiger partial charge in [-0.15, -0.1) is 0 Å². The number of carbonyl (C=O) groups excluding carboxylic acids is 3. The van der Waals surface area contributed by atoms with Crippen molar-refractivity contribution in [1.29, 1.82) is 0 Å². The van der Waals surface area contributed by atoms with Gasteiger partial charge in [0.25, 0.3) is 5.91 Å². The summed E-state index contributed by atoms with van der Waals surface area (Å²) in [6, 6.07) is 7.59. The summed E-state index contributed by atoms with van der Waals surface area (Å²) in [5.41, 5.74) is -2.26. The zero-order valence-corrected chi connectivity index (χ0v) is 19.6. The van der Waals surface area contributed by atoms with E-state index in [0.29, 0.717) is 19.4 Å². The normalized spacial score (nSPS) is 16.5. The molecule has 1 saturated heterocycles. The molecule has 1 unspecified atom stereocenters. The molecule has 1 fully saturated rings. The topological polar surface area (TPSA) is 78.5 Å². The molecule has 6 nitrogen and oxygen atoms in total. The zero-order valence-electron chi connectivity index (χ0n) is 19.6. The number of hydrogen-bond acceptors (Lipinski definition) is 3. The van der Waals surface area contributed by atoms with Crippen molar-refractivity contribution < 1.29 is 31.9 Å². The predicted molar refractivity (Wildman–Crippen MR) is 123 cm³/mol. The first-order chi connectivity index (χ1) is 16.3. The molecular weight excluding hydrogens is 466 g/mol. The minimum absolute atomic E-state index is 0.0731. The van der Waals surface area contributed by atoms with Crippen LogP contribution in [0.1, 0.15) is 49.5 Å². The van der Waals surface area contributed by atoms with Crippen molar-refractivity contribution in [1.82, 2.24) is 4.90 Å². The number of rotatable bonds is 4. The van der Waals surface area contributed by atoms with Crippen molar-refractivity contribution >= 4 is 29.1 Å². The Labute approximate surface area is 200 Å². The Hall–Kier alpha value is -3.43. The van der Waals surface area contributed by atoms with Gasteiger partial charge in [0.1, 0.15) is 5.82 Å². The summed E-state index contributed by atoms with van der Waals surface area (Å²) in [5, 5.41) is 4.70. The minimum Gasteiger partial charge on any atom is -0.341 e. The van der Waals surface area contributed by atoms with Crippen LogP contribution in [0.5, 0.6) is 0 Å². The SMILES string of the molecule is CC(C)(C)C(=O)N1CCCC(C(=O)Nc2ccc(NC(=O)c3ccc(F)cc3)cc2C(F)(F)F)C1. The number of anilines is 2. The lowest BCUT2D eigenvalue weighted by atomic mass is 9.91. The summed E-state index contributed by atoms with van der Waals surface area (Å²) in [7, 11) is 0. The van der Waals surface area contributed by atoms with Crippen LogP contribution in [0, 0.1) is 17.2 Å².